The molecule has 23 heavy (non-hydrogen) atoms. The van der Waals surface area contributed by atoms with Gasteiger partial charge in [-0.3, -0.25) is 9.45 Å². The Morgan fingerprint density at radius 1 is 1.30 bits per heavy atom. The van der Waals surface area contributed by atoms with Gasteiger partial charge in [0.2, 0.25) is 0 Å². The predicted octanol–water partition coefficient (Wildman–Crippen LogP) is 0.571. The summed E-state index contributed by atoms with van der Waals surface area (Å²) in [6, 6.07) is 4.71. The molecule has 0 radical (unpaired) electrons. The van der Waals surface area contributed by atoms with Crippen LogP contribution in [0.5, 0.6) is 0 Å². The molecule has 0 amide bonds. The fourth-order valence-electron chi connectivity index (χ4n) is 2.24. The molecule has 1 saturated heterocycles. The van der Waals surface area contributed by atoms with Gasteiger partial charge in [0.05, 0.1) is 18.8 Å². The first-order valence-electron chi connectivity index (χ1n) is 7.05. The highest BCUT2D eigenvalue weighted by Crippen LogP contribution is 2.10. The number of carbonyl (C=O) groups excluding carboxylic acids is 1. The van der Waals surface area contributed by atoms with Crippen molar-refractivity contribution >= 4 is 16.1 Å². The van der Waals surface area contributed by atoms with Gasteiger partial charge in [0.1, 0.15) is 17.7 Å². The van der Waals surface area contributed by atoms with Crippen LogP contribution in [0, 0.1) is 5.82 Å². The molecule has 7 nitrogen and oxygen atoms in total. The quantitative estimate of drug-likeness (QED) is 0.594. The minimum Gasteiger partial charge on any atom is -0.456 e. The number of nitrogens with zero attached hydrogens (tertiary/aromatic N) is 1. The van der Waals surface area contributed by atoms with Gasteiger partial charge in [-0.05, 0) is 24.3 Å². The van der Waals surface area contributed by atoms with Crippen LogP contribution in [0.1, 0.15) is 10.4 Å². The average Bonchev–Trinajstić information content (AvgIpc) is 2.47. The van der Waals surface area contributed by atoms with E-state index in [-0.39, 0.29) is 12.1 Å². The van der Waals surface area contributed by atoms with E-state index in [1.807, 2.05) is 4.90 Å². The van der Waals surface area contributed by atoms with Crippen LogP contribution in [0.25, 0.3) is 0 Å². The second-order valence-electron chi connectivity index (χ2n) is 5.20. The van der Waals surface area contributed by atoms with Gasteiger partial charge in [-0.1, -0.05) is 0 Å². The van der Waals surface area contributed by atoms with E-state index in [2.05, 4.69) is 0 Å². The summed E-state index contributed by atoms with van der Waals surface area (Å²) < 4.78 is 54.5. The van der Waals surface area contributed by atoms with Crippen molar-refractivity contribution in [2.75, 3.05) is 38.6 Å². The van der Waals surface area contributed by atoms with Gasteiger partial charge in [0, 0.05) is 19.6 Å². The lowest BCUT2D eigenvalue weighted by Crippen LogP contribution is -2.44. The van der Waals surface area contributed by atoms with Crippen LogP contribution >= 0.6 is 0 Å². The molecule has 1 N–H and O–H groups in total. The lowest BCUT2D eigenvalue weighted by molar-refractivity contribution is 0.000955. The van der Waals surface area contributed by atoms with Crippen molar-refractivity contribution in [1.29, 1.82) is 0 Å². The monoisotopic (exact) mass is 347 g/mol. The van der Waals surface area contributed by atoms with Gasteiger partial charge in [0.15, 0.2) is 0 Å². The van der Waals surface area contributed by atoms with Crippen molar-refractivity contribution in [3.63, 3.8) is 0 Å². The third-order valence-corrected chi connectivity index (χ3v) is 4.11. The third kappa shape index (κ3) is 6.22. The Bertz CT molecular complexity index is 627. The van der Waals surface area contributed by atoms with Crippen LogP contribution in [0.2, 0.25) is 0 Å². The molecule has 1 atom stereocenters. The zero-order valence-electron chi connectivity index (χ0n) is 12.4. The van der Waals surface area contributed by atoms with Crippen LogP contribution in [-0.4, -0.2) is 68.5 Å². The normalized spacial score (nSPS) is 17.7. The molecular weight excluding hydrogens is 329 g/mol. The zero-order chi connectivity index (χ0) is 16.9. The van der Waals surface area contributed by atoms with Gasteiger partial charge < -0.3 is 9.47 Å². The molecule has 0 aromatic heterocycles. The second-order valence-corrected chi connectivity index (χ2v) is 6.69. The second kappa shape index (κ2) is 7.82. The Hall–Kier alpha value is -1.55. The maximum Gasteiger partial charge on any atom is 0.338 e. The summed E-state index contributed by atoms with van der Waals surface area (Å²) in [4.78, 5) is 13.9. The maximum atomic E-state index is 12.9. The Morgan fingerprint density at radius 2 is 1.91 bits per heavy atom. The number of morpholine rings is 1. The fraction of sp³-hybridized carbons (Fsp3) is 0.500. The van der Waals surface area contributed by atoms with Gasteiger partial charge >= 0.3 is 5.97 Å². The number of carbonyl (C=O) groups is 1. The molecule has 1 fully saturated rings. The largest absolute Gasteiger partial charge is 0.456 e. The zero-order valence-corrected chi connectivity index (χ0v) is 13.2. The number of ether oxygens (including phenoxy) is 2. The minimum absolute atomic E-state index is 0.105. The van der Waals surface area contributed by atoms with Crippen molar-refractivity contribution < 1.29 is 31.6 Å². The number of rotatable bonds is 6. The SMILES string of the molecule is O=C(OC(CN1CCOCC1)CS(=O)(=O)O)c1ccc(F)cc1. The van der Waals surface area contributed by atoms with Crippen molar-refractivity contribution in [1.82, 2.24) is 4.90 Å². The van der Waals surface area contributed by atoms with E-state index in [0.29, 0.717) is 26.3 Å². The van der Waals surface area contributed by atoms with Gasteiger partial charge in [-0.2, -0.15) is 8.42 Å². The summed E-state index contributed by atoms with van der Waals surface area (Å²) >= 11 is 0. The molecule has 2 rings (SSSR count). The van der Waals surface area contributed by atoms with Crippen molar-refractivity contribution in [3.8, 4) is 0 Å². The Labute approximate surface area is 133 Å². The fourth-order valence-corrected chi connectivity index (χ4v) is 2.88. The molecule has 1 unspecified atom stereocenters. The van der Waals surface area contributed by atoms with Crippen molar-refractivity contribution in [2.45, 2.75) is 6.10 Å². The van der Waals surface area contributed by atoms with Gasteiger partial charge in [-0.25, -0.2) is 9.18 Å². The number of halogens is 1. The van der Waals surface area contributed by atoms with E-state index < -0.39 is 33.8 Å². The highest BCUT2D eigenvalue weighted by atomic mass is 32.2. The predicted molar refractivity (Wildman–Crippen MR) is 79.3 cm³/mol. The van der Waals surface area contributed by atoms with Crippen LogP contribution in [0.15, 0.2) is 24.3 Å². The Balaban J connectivity index is 2.03. The number of esters is 1. The molecule has 1 heterocycles. The lowest BCUT2D eigenvalue weighted by atomic mass is 10.2. The Kier molecular flexibility index (Phi) is 6.05. The number of benzene rings is 1. The van der Waals surface area contributed by atoms with Gasteiger partial charge in [0.25, 0.3) is 10.1 Å². The van der Waals surface area contributed by atoms with Crippen LogP contribution in [0.3, 0.4) is 0 Å². The first-order chi connectivity index (χ1) is 10.8. The molecule has 0 bridgehead atoms. The maximum absolute atomic E-state index is 12.9. The summed E-state index contributed by atoms with van der Waals surface area (Å²) in [6.45, 7) is 2.33. The molecule has 0 aliphatic carbocycles. The van der Waals surface area contributed by atoms with Crippen LogP contribution in [0.4, 0.5) is 4.39 Å². The molecule has 0 saturated carbocycles. The summed E-state index contributed by atoms with van der Waals surface area (Å²) in [5, 5.41) is 0. The average molecular weight is 347 g/mol. The van der Waals surface area contributed by atoms with Crippen molar-refractivity contribution in [2.24, 2.45) is 0 Å². The smallest absolute Gasteiger partial charge is 0.338 e. The number of hydrogen-bond acceptors (Lipinski definition) is 6. The lowest BCUT2D eigenvalue weighted by Gasteiger charge is -2.29. The molecule has 1 aromatic rings. The first-order valence-corrected chi connectivity index (χ1v) is 8.66. The van der Waals surface area contributed by atoms with Gasteiger partial charge in [-0.15, -0.1) is 0 Å². The molecule has 1 aliphatic rings. The minimum atomic E-state index is -4.30. The van der Waals surface area contributed by atoms with E-state index in [1.54, 1.807) is 0 Å². The van der Waals surface area contributed by atoms with Crippen LogP contribution < -0.4 is 0 Å². The summed E-state index contributed by atoms with van der Waals surface area (Å²) in [6.07, 6.45) is -1.03. The van der Waals surface area contributed by atoms with E-state index in [9.17, 15) is 17.6 Å². The highest BCUT2D eigenvalue weighted by Gasteiger charge is 2.25. The molecule has 1 aliphatic heterocycles. The molecule has 128 valence electrons. The first kappa shape index (κ1) is 17.8. The highest BCUT2D eigenvalue weighted by molar-refractivity contribution is 7.85. The van der Waals surface area contributed by atoms with E-state index >= 15 is 0 Å². The number of hydrogen-bond donors (Lipinski definition) is 1. The summed E-state index contributed by atoms with van der Waals surface area (Å²) in [5.74, 6) is -1.96. The van der Waals surface area contributed by atoms with Crippen molar-refractivity contribution in [3.05, 3.63) is 35.6 Å². The molecular formula is C14H18FNO6S. The van der Waals surface area contributed by atoms with E-state index in [4.69, 9.17) is 14.0 Å². The molecule has 0 spiro atoms. The summed E-state index contributed by atoms with van der Waals surface area (Å²) in [5.41, 5.74) is 0.105. The van der Waals surface area contributed by atoms with E-state index in [1.165, 1.54) is 12.1 Å². The molecule has 9 heteroatoms. The Morgan fingerprint density at radius 3 is 2.48 bits per heavy atom. The summed E-state index contributed by atoms with van der Waals surface area (Å²) in [7, 11) is -4.30. The van der Waals surface area contributed by atoms with E-state index in [0.717, 1.165) is 12.1 Å². The standard InChI is InChI=1S/C14H18FNO6S/c15-12-3-1-11(2-4-12)14(17)22-13(10-23(18,19)20)9-16-5-7-21-8-6-16/h1-4,13H,5-10H2,(H,18,19,20). The molecule has 1 aromatic carbocycles. The third-order valence-electron chi connectivity index (χ3n) is 3.32. The topological polar surface area (TPSA) is 93.1 Å². The van der Waals surface area contributed by atoms with Crippen LogP contribution in [-0.2, 0) is 19.6 Å².